The number of amides is 2. The average molecular weight is 479 g/mol. The van der Waals surface area contributed by atoms with Gasteiger partial charge < -0.3 is 20.5 Å². The van der Waals surface area contributed by atoms with E-state index in [2.05, 4.69) is 34.9 Å². The number of fused-ring (bicyclic) bond motifs is 3. The number of hydrogen-bond acceptors (Lipinski definition) is 4. The molecule has 0 bridgehead atoms. The van der Waals surface area contributed by atoms with Gasteiger partial charge in [0, 0.05) is 24.9 Å². The molecule has 4 rings (SSSR count). The summed E-state index contributed by atoms with van der Waals surface area (Å²) < 4.78 is 5.55. The van der Waals surface area contributed by atoms with Crippen LogP contribution in [0.2, 0.25) is 0 Å². The highest BCUT2D eigenvalue weighted by molar-refractivity contribution is 5.80. The van der Waals surface area contributed by atoms with E-state index < -0.39 is 18.0 Å². The molecule has 3 N–H and O–H groups in total. The van der Waals surface area contributed by atoms with Crippen molar-refractivity contribution in [2.24, 2.45) is 11.8 Å². The third kappa shape index (κ3) is 6.02. The lowest BCUT2D eigenvalue weighted by atomic mass is 9.81. The molecule has 0 saturated heterocycles. The van der Waals surface area contributed by atoms with Gasteiger partial charge in [-0.3, -0.25) is 9.59 Å². The number of benzene rings is 2. The Morgan fingerprint density at radius 2 is 1.63 bits per heavy atom. The number of carbonyl (C=O) groups is 3. The number of carboxylic acids is 1. The lowest BCUT2D eigenvalue weighted by molar-refractivity contribution is -0.137. The fourth-order valence-corrected chi connectivity index (χ4v) is 5.36. The van der Waals surface area contributed by atoms with Crippen LogP contribution in [0.15, 0.2) is 48.5 Å². The first-order chi connectivity index (χ1) is 16.9. The molecule has 2 amide bonds. The van der Waals surface area contributed by atoms with Crippen molar-refractivity contribution in [2.45, 2.75) is 57.4 Å². The molecule has 3 unspecified atom stereocenters. The summed E-state index contributed by atoms with van der Waals surface area (Å²) in [5, 5.41) is 14.8. The van der Waals surface area contributed by atoms with E-state index in [0.717, 1.165) is 36.8 Å². The normalized spacial score (nSPS) is 19.8. The van der Waals surface area contributed by atoms with Crippen LogP contribution in [0, 0.1) is 11.8 Å². The summed E-state index contributed by atoms with van der Waals surface area (Å²) in [7, 11) is 0. The second kappa shape index (κ2) is 11.4. The lowest BCUT2D eigenvalue weighted by Crippen LogP contribution is -2.46. The fraction of sp³-hybridized carbons (Fsp3) is 0.464. The van der Waals surface area contributed by atoms with Crippen molar-refractivity contribution in [1.82, 2.24) is 10.6 Å². The van der Waals surface area contributed by atoms with Crippen LogP contribution in [0.25, 0.3) is 11.1 Å². The Balaban J connectivity index is 1.25. The van der Waals surface area contributed by atoms with Gasteiger partial charge in [0.1, 0.15) is 6.61 Å². The minimum absolute atomic E-state index is 0.00694. The van der Waals surface area contributed by atoms with Gasteiger partial charge in [-0.15, -0.1) is 0 Å². The Morgan fingerprint density at radius 1 is 1.00 bits per heavy atom. The summed E-state index contributed by atoms with van der Waals surface area (Å²) in [6, 6.07) is 16.3. The molecule has 3 atom stereocenters. The van der Waals surface area contributed by atoms with Crippen molar-refractivity contribution in [3.63, 3.8) is 0 Å². The molecule has 1 fully saturated rings. The monoisotopic (exact) mass is 478 g/mol. The molecule has 35 heavy (non-hydrogen) atoms. The third-order valence-electron chi connectivity index (χ3n) is 7.31. The first-order valence-electron chi connectivity index (χ1n) is 12.5. The van der Waals surface area contributed by atoms with Crippen LogP contribution < -0.4 is 10.6 Å². The van der Waals surface area contributed by atoms with E-state index in [4.69, 9.17) is 9.84 Å². The van der Waals surface area contributed by atoms with Crippen LogP contribution in [0.4, 0.5) is 4.79 Å². The van der Waals surface area contributed by atoms with Gasteiger partial charge in [0.05, 0.1) is 5.92 Å². The average Bonchev–Trinajstić information content (AvgIpc) is 3.19. The first-order valence-corrected chi connectivity index (χ1v) is 12.5. The molecule has 0 radical (unpaired) electrons. The molecule has 0 spiro atoms. The van der Waals surface area contributed by atoms with Crippen molar-refractivity contribution >= 4 is 18.0 Å². The summed E-state index contributed by atoms with van der Waals surface area (Å²) in [6.45, 7) is 2.18. The second-order valence-corrected chi connectivity index (χ2v) is 9.70. The SMILES string of the molecule is CC(CNC(=O)OCC1c2ccccc2-c2ccccc21)C(=O)NC1CCCCC1CCC(=O)O. The molecule has 1 saturated carbocycles. The molecular weight excluding hydrogens is 444 g/mol. The minimum Gasteiger partial charge on any atom is -0.481 e. The summed E-state index contributed by atoms with van der Waals surface area (Å²) in [6.07, 6.45) is 4.05. The summed E-state index contributed by atoms with van der Waals surface area (Å²) in [4.78, 5) is 36.1. The van der Waals surface area contributed by atoms with Gasteiger partial charge >= 0.3 is 12.1 Å². The molecule has 7 heteroatoms. The Bertz CT molecular complexity index is 1020. The highest BCUT2D eigenvalue weighted by Gasteiger charge is 2.30. The predicted molar refractivity (Wildman–Crippen MR) is 133 cm³/mol. The van der Waals surface area contributed by atoms with E-state index in [1.165, 1.54) is 11.1 Å². The Kier molecular flexibility index (Phi) is 8.06. The summed E-state index contributed by atoms with van der Waals surface area (Å²) >= 11 is 0. The number of ether oxygens (including phenoxy) is 1. The van der Waals surface area contributed by atoms with Crippen LogP contribution in [-0.2, 0) is 14.3 Å². The topological polar surface area (TPSA) is 105 Å². The maximum absolute atomic E-state index is 12.7. The zero-order chi connectivity index (χ0) is 24.8. The predicted octanol–water partition coefficient (Wildman–Crippen LogP) is 4.70. The second-order valence-electron chi connectivity index (χ2n) is 9.70. The van der Waals surface area contributed by atoms with Crippen molar-refractivity contribution < 1.29 is 24.2 Å². The van der Waals surface area contributed by atoms with E-state index in [1.807, 2.05) is 24.3 Å². The van der Waals surface area contributed by atoms with Gasteiger partial charge in [-0.2, -0.15) is 0 Å². The Labute approximate surface area is 206 Å². The fourth-order valence-electron chi connectivity index (χ4n) is 5.36. The molecule has 186 valence electrons. The lowest BCUT2D eigenvalue weighted by Gasteiger charge is -2.32. The summed E-state index contributed by atoms with van der Waals surface area (Å²) in [5.74, 6) is -1.18. The molecular formula is C28H34N2O5. The van der Waals surface area contributed by atoms with Crippen LogP contribution in [-0.4, -0.2) is 42.3 Å². The molecule has 2 aliphatic rings. The Hall–Kier alpha value is -3.35. The molecule has 2 aromatic carbocycles. The van der Waals surface area contributed by atoms with Crippen LogP contribution >= 0.6 is 0 Å². The molecule has 0 aliphatic heterocycles. The molecule has 2 aliphatic carbocycles. The number of nitrogens with one attached hydrogen (secondary N) is 2. The minimum atomic E-state index is -0.804. The summed E-state index contributed by atoms with van der Waals surface area (Å²) in [5.41, 5.74) is 4.65. The maximum atomic E-state index is 12.7. The number of carboxylic acid groups (broad SMARTS) is 1. The molecule has 0 heterocycles. The standard InChI is InChI=1S/C28H34N2O5/c1-18(27(33)30-25-13-7-2-8-19(25)14-15-26(31)32)16-29-28(34)35-17-24-22-11-5-3-9-20(22)21-10-4-6-12-23(21)24/h3-6,9-12,18-19,24-25H,2,7-8,13-17H2,1H3,(H,29,34)(H,30,33)(H,31,32). The molecule has 7 nitrogen and oxygen atoms in total. The van der Waals surface area contributed by atoms with Crippen LogP contribution in [0.1, 0.15) is 62.5 Å². The number of carbonyl (C=O) groups excluding carboxylic acids is 2. The highest BCUT2D eigenvalue weighted by atomic mass is 16.5. The number of rotatable bonds is 9. The maximum Gasteiger partial charge on any atom is 0.407 e. The Morgan fingerprint density at radius 3 is 2.29 bits per heavy atom. The van der Waals surface area contributed by atoms with Gasteiger partial charge in [-0.1, -0.05) is 68.3 Å². The van der Waals surface area contributed by atoms with Gasteiger partial charge in [-0.25, -0.2) is 4.79 Å². The smallest absolute Gasteiger partial charge is 0.407 e. The first kappa shape index (κ1) is 24.8. The zero-order valence-electron chi connectivity index (χ0n) is 20.2. The molecule has 2 aromatic rings. The van der Waals surface area contributed by atoms with E-state index in [-0.39, 0.29) is 43.4 Å². The number of alkyl carbamates (subject to hydrolysis) is 1. The van der Waals surface area contributed by atoms with Gasteiger partial charge in [0.25, 0.3) is 0 Å². The van der Waals surface area contributed by atoms with Crippen molar-refractivity contribution in [1.29, 1.82) is 0 Å². The largest absolute Gasteiger partial charge is 0.481 e. The van der Waals surface area contributed by atoms with Crippen molar-refractivity contribution in [2.75, 3.05) is 13.2 Å². The highest BCUT2D eigenvalue weighted by Crippen LogP contribution is 2.44. The quantitative estimate of drug-likeness (QED) is 0.485. The number of hydrogen-bond donors (Lipinski definition) is 3. The van der Waals surface area contributed by atoms with Crippen LogP contribution in [0.3, 0.4) is 0 Å². The van der Waals surface area contributed by atoms with E-state index >= 15 is 0 Å². The van der Waals surface area contributed by atoms with E-state index in [9.17, 15) is 14.4 Å². The molecule has 0 aromatic heterocycles. The van der Waals surface area contributed by atoms with Gasteiger partial charge in [0.15, 0.2) is 0 Å². The zero-order valence-corrected chi connectivity index (χ0v) is 20.2. The van der Waals surface area contributed by atoms with Gasteiger partial charge in [0.2, 0.25) is 5.91 Å². The van der Waals surface area contributed by atoms with E-state index in [1.54, 1.807) is 6.92 Å². The van der Waals surface area contributed by atoms with Crippen molar-refractivity contribution in [3.8, 4) is 11.1 Å². The van der Waals surface area contributed by atoms with Crippen molar-refractivity contribution in [3.05, 3.63) is 59.7 Å². The van der Waals surface area contributed by atoms with Crippen LogP contribution in [0.5, 0.6) is 0 Å². The number of aliphatic carboxylic acids is 1. The third-order valence-corrected chi connectivity index (χ3v) is 7.31. The van der Waals surface area contributed by atoms with E-state index in [0.29, 0.717) is 6.42 Å². The van der Waals surface area contributed by atoms with Gasteiger partial charge in [-0.05, 0) is 47.4 Å².